The van der Waals surface area contributed by atoms with Gasteiger partial charge >= 0.3 is 0 Å². The quantitative estimate of drug-likeness (QED) is 0.899. The number of aryl methyl sites for hydroxylation is 1. The zero-order chi connectivity index (χ0) is 13.8. The molecule has 3 nitrogen and oxygen atoms in total. The van der Waals surface area contributed by atoms with Gasteiger partial charge in [-0.2, -0.15) is 0 Å². The predicted octanol–water partition coefficient (Wildman–Crippen LogP) is 3.25. The summed E-state index contributed by atoms with van der Waals surface area (Å²) in [6.45, 7) is 4.89. The lowest BCUT2D eigenvalue weighted by molar-refractivity contribution is 0.433. The maximum absolute atomic E-state index is 13.9. The first-order valence-electron chi connectivity index (χ1n) is 6.45. The number of halogens is 1. The van der Waals surface area contributed by atoms with Crippen molar-refractivity contribution in [3.63, 3.8) is 0 Å². The predicted molar refractivity (Wildman–Crippen MR) is 74.7 cm³/mol. The summed E-state index contributed by atoms with van der Waals surface area (Å²) in [6, 6.07) is 10.4. The van der Waals surface area contributed by atoms with E-state index in [1.54, 1.807) is 12.1 Å². The number of rotatable bonds is 5. The monoisotopic (exact) mass is 262 g/mol. The fraction of sp³-hybridized carbons (Fsp3) is 0.333. The fourth-order valence-corrected chi connectivity index (χ4v) is 2.27. The Hall–Kier alpha value is -1.81. The first-order chi connectivity index (χ1) is 9.17. The third-order valence-corrected chi connectivity index (χ3v) is 3.19. The number of hydrogen-bond acceptors (Lipinski definition) is 3. The van der Waals surface area contributed by atoms with Gasteiger partial charge in [0.15, 0.2) is 0 Å². The fourth-order valence-electron chi connectivity index (χ4n) is 2.27. The van der Waals surface area contributed by atoms with Crippen molar-refractivity contribution >= 4 is 5.69 Å². The van der Waals surface area contributed by atoms with Gasteiger partial charge in [-0.15, -0.1) is 0 Å². The van der Waals surface area contributed by atoms with Gasteiger partial charge in [-0.1, -0.05) is 12.1 Å². The average molecular weight is 262 g/mol. The van der Waals surface area contributed by atoms with E-state index in [9.17, 15) is 4.39 Å². The Kier molecular flexibility index (Phi) is 4.22. The summed E-state index contributed by atoms with van der Waals surface area (Å²) in [5.74, 6) is 1.36. The molecule has 1 atom stereocenters. The molecular formula is C15H19FN2O. The van der Waals surface area contributed by atoms with Crippen molar-refractivity contribution in [2.24, 2.45) is 5.73 Å². The molecule has 1 aromatic heterocycles. The number of para-hydroxylation sites is 1. The highest BCUT2D eigenvalue weighted by Crippen LogP contribution is 2.29. The summed E-state index contributed by atoms with van der Waals surface area (Å²) in [6.07, 6.45) is 0. The van der Waals surface area contributed by atoms with E-state index in [0.717, 1.165) is 11.5 Å². The zero-order valence-corrected chi connectivity index (χ0v) is 11.3. The van der Waals surface area contributed by atoms with Crippen LogP contribution in [-0.4, -0.2) is 13.1 Å². The maximum atomic E-state index is 13.9. The molecule has 19 heavy (non-hydrogen) atoms. The molecule has 1 aromatic carbocycles. The number of likely N-dealkylation sites (N-methyl/N-ethyl adjacent to an activating group) is 1. The Morgan fingerprint density at radius 2 is 2.00 bits per heavy atom. The van der Waals surface area contributed by atoms with Crippen LogP contribution < -0.4 is 10.6 Å². The van der Waals surface area contributed by atoms with E-state index >= 15 is 0 Å². The first-order valence-corrected chi connectivity index (χ1v) is 6.45. The van der Waals surface area contributed by atoms with Crippen molar-refractivity contribution in [3.8, 4) is 0 Å². The maximum Gasteiger partial charge on any atom is 0.146 e. The molecule has 0 fully saturated rings. The second kappa shape index (κ2) is 5.89. The van der Waals surface area contributed by atoms with Crippen LogP contribution >= 0.6 is 0 Å². The molecule has 0 amide bonds. The molecule has 0 spiro atoms. The summed E-state index contributed by atoms with van der Waals surface area (Å²) < 4.78 is 19.6. The number of furan rings is 1. The van der Waals surface area contributed by atoms with E-state index in [1.807, 2.05) is 36.9 Å². The topological polar surface area (TPSA) is 42.4 Å². The average Bonchev–Trinajstić information content (AvgIpc) is 2.83. The Morgan fingerprint density at radius 1 is 1.26 bits per heavy atom. The number of anilines is 1. The van der Waals surface area contributed by atoms with Crippen LogP contribution in [-0.2, 0) is 0 Å². The van der Waals surface area contributed by atoms with Crippen LogP contribution in [0.5, 0.6) is 0 Å². The second-order valence-corrected chi connectivity index (χ2v) is 4.44. The molecule has 0 radical (unpaired) electrons. The lowest BCUT2D eigenvalue weighted by Crippen LogP contribution is -2.34. The molecule has 0 saturated heterocycles. The highest BCUT2D eigenvalue weighted by molar-refractivity contribution is 5.49. The van der Waals surface area contributed by atoms with Crippen molar-refractivity contribution in [1.29, 1.82) is 0 Å². The minimum Gasteiger partial charge on any atom is -0.464 e. The largest absolute Gasteiger partial charge is 0.464 e. The standard InChI is InChI=1S/C15H19FN2O/c1-3-18(13-7-5-4-6-12(13)16)14(10-17)15-9-8-11(2)19-15/h4-9,14H,3,10,17H2,1-2H3. The van der Waals surface area contributed by atoms with Crippen molar-refractivity contribution in [2.45, 2.75) is 19.9 Å². The molecular weight excluding hydrogens is 243 g/mol. The van der Waals surface area contributed by atoms with Gasteiger partial charge in [-0.25, -0.2) is 4.39 Å². The molecule has 0 aliphatic heterocycles. The molecule has 0 aliphatic rings. The van der Waals surface area contributed by atoms with Gasteiger partial charge in [-0.3, -0.25) is 0 Å². The van der Waals surface area contributed by atoms with Crippen LogP contribution in [0.4, 0.5) is 10.1 Å². The Bertz CT molecular complexity index is 538. The van der Waals surface area contributed by atoms with Crippen molar-refractivity contribution in [2.75, 3.05) is 18.0 Å². The summed E-state index contributed by atoms with van der Waals surface area (Å²) in [5.41, 5.74) is 6.40. The molecule has 1 heterocycles. The zero-order valence-electron chi connectivity index (χ0n) is 11.3. The third-order valence-electron chi connectivity index (χ3n) is 3.19. The van der Waals surface area contributed by atoms with Crippen LogP contribution in [0.2, 0.25) is 0 Å². The van der Waals surface area contributed by atoms with Crippen molar-refractivity contribution < 1.29 is 8.81 Å². The third kappa shape index (κ3) is 2.79. The molecule has 2 rings (SSSR count). The normalized spacial score (nSPS) is 12.4. The summed E-state index contributed by atoms with van der Waals surface area (Å²) in [7, 11) is 0. The summed E-state index contributed by atoms with van der Waals surface area (Å²) in [5, 5.41) is 0. The van der Waals surface area contributed by atoms with Crippen LogP contribution in [0.1, 0.15) is 24.5 Å². The number of benzene rings is 1. The van der Waals surface area contributed by atoms with Crippen LogP contribution in [0.15, 0.2) is 40.8 Å². The van der Waals surface area contributed by atoms with Crippen LogP contribution in [0.3, 0.4) is 0 Å². The molecule has 2 aromatic rings. The molecule has 2 N–H and O–H groups in total. The lowest BCUT2D eigenvalue weighted by atomic mass is 10.1. The molecule has 0 saturated carbocycles. The lowest BCUT2D eigenvalue weighted by Gasteiger charge is -2.30. The van der Waals surface area contributed by atoms with E-state index in [0.29, 0.717) is 18.8 Å². The Balaban J connectivity index is 2.37. The van der Waals surface area contributed by atoms with E-state index in [2.05, 4.69) is 0 Å². The van der Waals surface area contributed by atoms with Gasteiger partial charge < -0.3 is 15.1 Å². The van der Waals surface area contributed by atoms with Crippen LogP contribution in [0, 0.1) is 12.7 Å². The van der Waals surface area contributed by atoms with Gasteiger partial charge in [0.1, 0.15) is 17.3 Å². The first kappa shape index (κ1) is 13.6. The number of nitrogens with two attached hydrogens (primary N) is 1. The molecule has 0 aliphatic carbocycles. The second-order valence-electron chi connectivity index (χ2n) is 4.44. The minimum absolute atomic E-state index is 0.157. The smallest absolute Gasteiger partial charge is 0.146 e. The number of nitrogens with zero attached hydrogens (tertiary/aromatic N) is 1. The summed E-state index contributed by atoms with van der Waals surface area (Å²) >= 11 is 0. The SMILES string of the molecule is CCN(c1ccccc1F)C(CN)c1ccc(C)o1. The van der Waals surface area contributed by atoms with Crippen LogP contribution in [0.25, 0.3) is 0 Å². The van der Waals surface area contributed by atoms with Gasteiger partial charge in [0.05, 0.1) is 11.7 Å². The minimum atomic E-state index is -0.244. The van der Waals surface area contributed by atoms with E-state index in [1.165, 1.54) is 6.07 Å². The molecule has 0 bridgehead atoms. The number of hydrogen-bond donors (Lipinski definition) is 1. The molecule has 1 unspecified atom stereocenters. The molecule has 102 valence electrons. The Morgan fingerprint density at radius 3 is 2.53 bits per heavy atom. The summed E-state index contributed by atoms with van der Waals surface area (Å²) in [4.78, 5) is 1.92. The van der Waals surface area contributed by atoms with Crippen molar-refractivity contribution in [1.82, 2.24) is 0 Å². The van der Waals surface area contributed by atoms with Gasteiger partial charge in [0.2, 0.25) is 0 Å². The van der Waals surface area contributed by atoms with Crippen molar-refractivity contribution in [3.05, 3.63) is 53.7 Å². The highest BCUT2D eigenvalue weighted by atomic mass is 19.1. The Labute approximate surface area is 112 Å². The van der Waals surface area contributed by atoms with E-state index in [-0.39, 0.29) is 11.9 Å². The highest BCUT2D eigenvalue weighted by Gasteiger charge is 2.23. The molecule has 4 heteroatoms. The van der Waals surface area contributed by atoms with E-state index in [4.69, 9.17) is 10.2 Å². The van der Waals surface area contributed by atoms with E-state index < -0.39 is 0 Å². The van der Waals surface area contributed by atoms with Gasteiger partial charge in [0, 0.05) is 13.1 Å². The van der Waals surface area contributed by atoms with Gasteiger partial charge in [-0.05, 0) is 38.1 Å². The van der Waals surface area contributed by atoms with Gasteiger partial charge in [0.25, 0.3) is 0 Å².